The van der Waals surface area contributed by atoms with Gasteiger partial charge in [0.25, 0.3) is 0 Å². The number of imide groups is 1. The number of ether oxygens (including phenoxy) is 1. The van der Waals surface area contributed by atoms with Crippen molar-refractivity contribution in [3.05, 3.63) is 0 Å². The highest BCUT2D eigenvalue weighted by molar-refractivity contribution is 5.90. The van der Waals surface area contributed by atoms with Gasteiger partial charge in [0.05, 0.1) is 19.7 Å². The number of hydrogen-bond acceptors (Lipinski definition) is 7. The van der Waals surface area contributed by atoms with Crippen LogP contribution in [-0.4, -0.2) is 62.0 Å². The first-order valence-corrected chi connectivity index (χ1v) is 9.32. The van der Waals surface area contributed by atoms with Crippen molar-refractivity contribution >= 4 is 24.3 Å². The number of isocyanates is 2. The maximum atomic E-state index is 12.3. The molecule has 0 fully saturated rings. The Hall–Kier alpha value is -2.50. The van der Waals surface area contributed by atoms with E-state index in [-0.39, 0.29) is 19.1 Å². The van der Waals surface area contributed by atoms with Crippen LogP contribution < -0.4 is 5.32 Å². The van der Waals surface area contributed by atoms with Gasteiger partial charge in [0.2, 0.25) is 12.2 Å². The molecule has 0 saturated heterocycles. The molecular formula is C18H30N4O5. The molecule has 3 amide bonds. The minimum absolute atomic E-state index is 0.175. The molecule has 1 N–H and O–H groups in total. The van der Waals surface area contributed by atoms with Gasteiger partial charge in [-0.25, -0.2) is 34.1 Å². The molecule has 0 rings (SSSR count). The third-order valence-electron chi connectivity index (χ3n) is 3.51. The molecule has 0 aliphatic rings. The fraction of sp³-hybridized carbons (Fsp3) is 0.778. The number of amides is 3. The minimum atomic E-state index is -0.660. The maximum absolute atomic E-state index is 12.3. The third-order valence-corrected chi connectivity index (χ3v) is 3.51. The Labute approximate surface area is 160 Å². The van der Waals surface area contributed by atoms with Crippen molar-refractivity contribution in [3.8, 4) is 0 Å². The number of rotatable bonds is 14. The third kappa shape index (κ3) is 14.4. The number of carbonyl (C=O) groups is 2. The summed E-state index contributed by atoms with van der Waals surface area (Å²) < 4.78 is 5.16. The van der Waals surface area contributed by atoms with E-state index >= 15 is 0 Å². The number of hydrogen-bond donors (Lipinski definition) is 1. The van der Waals surface area contributed by atoms with Gasteiger partial charge in [-0.05, 0) is 44.4 Å². The van der Waals surface area contributed by atoms with Gasteiger partial charge in [-0.2, -0.15) is 0 Å². The van der Waals surface area contributed by atoms with Gasteiger partial charge in [0.15, 0.2) is 0 Å². The highest BCUT2D eigenvalue weighted by Gasteiger charge is 2.22. The first kappa shape index (κ1) is 24.5. The molecule has 9 heteroatoms. The molecule has 0 heterocycles. The quantitative estimate of drug-likeness (QED) is 0.281. The molecule has 27 heavy (non-hydrogen) atoms. The van der Waals surface area contributed by atoms with Gasteiger partial charge in [-0.15, -0.1) is 0 Å². The van der Waals surface area contributed by atoms with Gasteiger partial charge < -0.3 is 10.1 Å². The Kier molecular flexibility index (Phi) is 15.4. The Morgan fingerprint density at radius 2 is 1.56 bits per heavy atom. The minimum Gasteiger partial charge on any atom is -0.449 e. The lowest BCUT2D eigenvalue weighted by Gasteiger charge is -2.21. The second-order valence-electron chi connectivity index (χ2n) is 6.42. The summed E-state index contributed by atoms with van der Waals surface area (Å²) in [7, 11) is 0. The zero-order valence-electron chi connectivity index (χ0n) is 16.2. The predicted octanol–water partition coefficient (Wildman–Crippen LogP) is 2.80. The van der Waals surface area contributed by atoms with Gasteiger partial charge >= 0.3 is 12.1 Å². The fourth-order valence-corrected chi connectivity index (χ4v) is 2.10. The summed E-state index contributed by atoms with van der Waals surface area (Å²) in [6, 6.07) is -0.486. The molecular weight excluding hydrogens is 352 g/mol. The maximum Gasteiger partial charge on any atom is 0.417 e. The van der Waals surface area contributed by atoms with E-state index in [2.05, 4.69) is 15.3 Å². The zero-order chi connectivity index (χ0) is 20.3. The lowest BCUT2D eigenvalue weighted by molar-refractivity contribution is 0.0988. The van der Waals surface area contributed by atoms with Crippen molar-refractivity contribution in [1.29, 1.82) is 0 Å². The summed E-state index contributed by atoms with van der Waals surface area (Å²) in [4.78, 5) is 52.5. The Morgan fingerprint density at radius 3 is 2.11 bits per heavy atom. The number of unbranched alkanes of at least 4 members (excludes halogenated alkanes) is 4. The smallest absolute Gasteiger partial charge is 0.417 e. The summed E-state index contributed by atoms with van der Waals surface area (Å²) >= 11 is 0. The van der Waals surface area contributed by atoms with E-state index in [1.54, 1.807) is 0 Å². The Morgan fingerprint density at radius 1 is 0.963 bits per heavy atom. The predicted molar refractivity (Wildman–Crippen MR) is 100.0 cm³/mol. The lowest BCUT2D eigenvalue weighted by Crippen LogP contribution is -2.45. The van der Waals surface area contributed by atoms with Crippen LogP contribution in [-0.2, 0) is 14.3 Å². The van der Waals surface area contributed by atoms with E-state index in [1.807, 2.05) is 13.8 Å². The van der Waals surface area contributed by atoms with Crippen molar-refractivity contribution < 1.29 is 23.9 Å². The molecule has 0 unspecified atom stereocenters. The molecule has 0 radical (unpaired) electrons. The summed E-state index contributed by atoms with van der Waals surface area (Å²) in [5.74, 6) is 0.175. The first-order valence-electron chi connectivity index (χ1n) is 9.32. The summed E-state index contributed by atoms with van der Waals surface area (Å²) in [6.07, 6.45) is 6.59. The van der Waals surface area contributed by atoms with Crippen LogP contribution in [0, 0.1) is 5.92 Å². The fourth-order valence-electron chi connectivity index (χ4n) is 2.10. The molecule has 0 bridgehead atoms. The largest absolute Gasteiger partial charge is 0.449 e. The van der Waals surface area contributed by atoms with Crippen LogP contribution >= 0.6 is 0 Å². The summed E-state index contributed by atoms with van der Waals surface area (Å²) in [5.41, 5.74) is 0. The van der Waals surface area contributed by atoms with Crippen molar-refractivity contribution in [2.24, 2.45) is 15.9 Å². The van der Waals surface area contributed by atoms with E-state index in [4.69, 9.17) is 4.74 Å². The molecule has 0 spiro atoms. The zero-order valence-corrected chi connectivity index (χ0v) is 16.2. The van der Waals surface area contributed by atoms with Crippen LogP contribution in [0.3, 0.4) is 0 Å². The number of nitrogens with zero attached hydrogens (tertiary/aromatic N) is 3. The summed E-state index contributed by atoms with van der Waals surface area (Å²) in [5, 5.41) is 2.71. The van der Waals surface area contributed by atoms with E-state index < -0.39 is 12.1 Å². The van der Waals surface area contributed by atoms with Crippen molar-refractivity contribution in [1.82, 2.24) is 10.2 Å². The number of aliphatic imine (C=N–C) groups is 2. The van der Waals surface area contributed by atoms with Crippen LogP contribution in [0.25, 0.3) is 0 Å². The molecule has 0 aliphatic heterocycles. The van der Waals surface area contributed by atoms with E-state index in [0.29, 0.717) is 32.5 Å². The Balaban J connectivity index is 4.35. The number of nitrogens with one attached hydrogen (secondary N) is 1. The second-order valence-corrected chi connectivity index (χ2v) is 6.42. The van der Waals surface area contributed by atoms with E-state index in [1.165, 1.54) is 12.2 Å². The van der Waals surface area contributed by atoms with E-state index in [9.17, 15) is 19.2 Å². The standard InChI is InChI=1S/C18H30N4O5/c1-16(2)13-27-18(26)22(12-8-4-6-10-20-15-24)17(25)21-11-7-3-5-9-19-14-23/h16H,3-13H2,1-2H3,(H,21,25). The highest BCUT2D eigenvalue weighted by atomic mass is 16.6. The lowest BCUT2D eigenvalue weighted by atomic mass is 10.2. The van der Waals surface area contributed by atoms with Crippen molar-refractivity contribution in [2.45, 2.75) is 52.4 Å². The molecule has 0 aliphatic carbocycles. The molecule has 0 atom stereocenters. The average molecular weight is 382 g/mol. The van der Waals surface area contributed by atoms with Gasteiger partial charge in [0, 0.05) is 13.1 Å². The van der Waals surface area contributed by atoms with Crippen molar-refractivity contribution in [2.75, 3.05) is 32.8 Å². The average Bonchev–Trinajstić information content (AvgIpc) is 2.64. The Bertz CT molecular complexity index is 526. The molecule has 152 valence electrons. The monoisotopic (exact) mass is 382 g/mol. The summed E-state index contributed by atoms with van der Waals surface area (Å²) in [6.45, 7) is 5.56. The van der Waals surface area contributed by atoms with Crippen LogP contribution in [0.5, 0.6) is 0 Å². The normalized spacial score (nSPS) is 9.89. The van der Waals surface area contributed by atoms with Gasteiger partial charge in [-0.1, -0.05) is 13.8 Å². The second kappa shape index (κ2) is 16.9. The molecule has 0 aromatic rings. The van der Waals surface area contributed by atoms with Crippen LogP contribution in [0.2, 0.25) is 0 Å². The van der Waals surface area contributed by atoms with Crippen LogP contribution in [0.15, 0.2) is 9.98 Å². The molecule has 0 aromatic heterocycles. The van der Waals surface area contributed by atoms with Crippen molar-refractivity contribution in [3.63, 3.8) is 0 Å². The van der Waals surface area contributed by atoms with E-state index in [0.717, 1.165) is 30.6 Å². The van der Waals surface area contributed by atoms with Gasteiger partial charge in [0.1, 0.15) is 0 Å². The van der Waals surface area contributed by atoms with Crippen LogP contribution in [0.1, 0.15) is 52.4 Å². The molecule has 9 nitrogen and oxygen atoms in total. The first-order chi connectivity index (χ1) is 13.0. The van der Waals surface area contributed by atoms with Gasteiger partial charge in [-0.3, -0.25) is 0 Å². The number of urea groups is 1. The van der Waals surface area contributed by atoms with Crippen LogP contribution in [0.4, 0.5) is 9.59 Å². The SMILES string of the molecule is CC(C)COC(=O)N(CCCCCN=C=O)C(=O)NCCCCCN=C=O. The topological polar surface area (TPSA) is 118 Å². The molecule has 0 saturated carbocycles. The number of carbonyl (C=O) groups excluding carboxylic acids is 4. The highest BCUT2D eigenvalue weighted by Crippen LogP contribution is 2.05. The molecule has 0 aromatic carbocycles.